The molecule has 7 heteroatoms. The Morgan fingerprint density at radius 1 is 0.571 bits per heavy atom. The Kier molecular flexibility index (Phi) is 36.9. The van der Waals surface area contributed by atoms with Gasteiger partial charge in [-0.15, -0.1) is 0 Å². The number of rotatable bonds is 16. The van der Waals surface area contributed by atoms with Crippen LogP contribution in [0.4, 0.5) is 0 Å². The van der Waals surface area contributed by atoms with Gasteiger partial charge in [0.1, 0.15) is 0 Å². The Morgan fingerprint density at radius 3 is 0.857 bits per heavy atom. The Bertz CT molecular complexity index is 420. The van der Waals surface area contributed by atoms with E-state index in [1.165, 1.54) is 4.44 Å². The average Bonchev–Trinajstić information content (AvgIpc) is 2.81. The van der Waals surface area contributed by atoms with Gasteiger partial charge in [0.2, 0.25) is 0 Å². The van der Waals surface area contributed by atoms with E-state index in [2.05, 4.69) is 34.6 Å². The molecule has 0 spiro atoms. The van der Waals surface area contributed by atoms with Gasteiger partial charge in [-0.3, -0.25) is 0 Å². The van der Waals surface area contributed by atoms with E-state index < -0.39 is 17.9 Å². The minimum Gasteiger partial charge on any atom is -0.550 e. The van der Waals surface area contributed by atoms with Gasteiger partial charge in [0.25, 0.3) is 0 Å². The van der Waals surface area contributed by atoms with E-state index in [0.717, 1.165) is 63.7 Å². The van der Waals surface area contributed by atoms with Crippen LogP contribution in [0.3, 0.4) is 0 Å². The SMILES string of the molecule is CC(C)[CH2][Sn+3].CCCCC(CC)C(=O)[O-].CCCCC(CC)C(=O)[O-].CCCCC(CC)C(=O)[O-]. The van der Waals surface area contributed by atoms with Gasteiger partial charge >= 0.3 is 46.7 Å². The topological polar surface area (TPSA) is 120 Å². The summed E-state index contributed by atoms with van der Waals surface area (Å²) < 4.78 is 1.40. The van der Waals surface area contributed by atoms with Crippen molar-refractivity contribution in [1.82, 2.24) is 0 Å². The molecule has 3 atom stereocenters. The quantitative estimate of drug-likeness (QED) is 0.245. The molecule has 0 aliphatic heterocycles. The van der Waals surface area contributed by atoms with Crippen LogP contribution in [0.5, 0.6) is 0 Å². The van der Waals surface area contributed by atoms with E-state index in [-0.39, 0.29) is 17.8 Å². The molecule has 0 amide bonds. The van der Waals surface area contributed by atoms with Crippen LogP contribution in [0.15, 0.2) is 0 Å². The maximum Gasteiger partial charge on any atom is 0.0445 e. The monoisotopic (exact) mass is 606 g/mol. The van der Waals surface area contributed by atoms with E-state index in [1.807, 2.05) is 20.8 Å². The van der Waals surface area contributed by atoms with E-state index in [0.29, 0.717) is 19.3 Å². The predicted octanol–water partition coefficient (Wildman–Crippen LogP) is 4.09. The molecule has 0 saturated carbocycles. The second-order valence-electron chi connectivity index (χ2n) is 9.30. The zero-order valence-corrected chi connectivity index (χ0v) is 26.8. The molecular formula is C28H54O6Sn. The minimum absolute atomic E-state index is 0.222. The molecule has 3 unspecified atom stereocenters. The second-order valence-corrected chi connectivity index (χ2v) is 10.5. The summed E-state index contributed by atoms with van der Waals surface area (Å²) in [4.78, 5) is 31.0. The first kappa shape index (κ1) is 41.3. The molecule has 35 heavy (non-hydrogen) atoms. The Labute approximate surface area is 230 Å². The fourth-order valence-electron chi connectivity index (χ4n) is 2.82. The minimum atomic E-state index is -0.893. The van der Waals surface area contributed by atoms with Crippen molar-refractivity contribution in [3.05, 3.63) is 0 Å². The molecule has 6 nitrogen and oxygen atoms in total. The number of hydrogen-bond donors (Lipinski definition) is 0. The van der Waals surface area contributed by atoms with Crippen molar-refractivity contribution >= 4 is 40.4 Å². The predicted molar refractivity (Wildman–Crippen MR) is 140 cm³/mol. The summed E-state index contributed by atoms with van der Waals surface area (Å²) in [6.45, 7) is 16.3. The molecule has 0 heterocycles. The third kappa shape index (κ3) is 33.2. The summed E-state index contributed by atoms with van der Waals surface area (Å²) in [6.07, 6.45) is 10.6. The first-order chi connectivity index (χ1) is 16.4. The van der Waals surface area contributed by atoms with Crippen LogP contribution in [0.25, 0.3) is 0 Å². The molecular weight excluding hydrogens is 551 g/mol. The summed E-state index contributed by atoms with van der Waals surface area (Å²) in [5, 5.41) is 31.0. The van der Waals surface area contributed by atoms with E-state index in [1.54, 1.807) is 22.5 Å². The first-order valence-electron chi connectivity index (χ1n) is 13.7. The van der Waals surface area contributed by atoms with Crippen molar-refractivity contribution in [2.45, 2.75) is 137 Å². The van der Waals surface area contributed by atoms with E-state index in [4.69, 9.17) is 0 Å². The fourth-order valence-corrected chi connectivity index (χ4v) is 2.82. The largest absolute Gasteiger partial charge is 0.550 e. The number of hydrogen-bond acceptors (Lipinski definition) is 6. The molecule has 0 radical (unpaired) electrons. The van der Waals surface area contributed by atoms with Crippen molar-refractivity contribution in [3.63, 3.8) is 0 Å². The zero-order valence-electron chi connectivity index (χ0n) is 24.0. The molecule has 206 valence electrons. The number of carboxylic acids is 3. The van der Waals surface area contributed by atoms with Crippen molar-refractivity contribution in [2.24, 2.45) is 23.7 Å². The fraction of sp³-hybridized carbons (Fsp3) is 0.893. The van der Waals surface area contributed by atoms with Gasteiger partial charge < -0.3 is 29.7 Å². The summed E-state index contributed by atoms with van der Waals surface area (Å²) in [7, 11) is 0. The van der Waals surface area contributed by atoms with Crippen LogP contribution >= 0.6 is 0 Å². The van der Waals surface area contributed by atoms with Crippen LogP contribution < -0.4 is 15.3 Å². The molecule has 0 aromatic heterocycles. The van der Waals surface area contributed by atoms with Gasteiger partial charge in [0.15, 0.2) is 0 Å². The molecule has 0 aliphatic rings. The summed E-state index contributed by atoms with van der Waals surface area (Å²) in [6, 6.07) is 0. The summed E-state index contributed by atoms with van der Waals surface area (Å²) >= 11 is 1.66. The number of carbonyl (C=O) groups is 3. The molecule has 0 saturated heterocycles. The van der Waals surface area contributed by atoms with Crippen LogP contribution in [0.1, 0.15) is 132 Å². The number of unbranched alkanes of at least 4 members (excludes halogenated alkanes) is 3. The normalized spacial score (nSPS) is 12.5. The maximum atomic E-state index is 10.3. The van der Waals surface area contributed by atoms with Gasteiger partial charge in [0.05, 0.1) is 0 Å². The molecule has 0 N–H and O–H groups in total. The summed E-state index contributed by atoms with van der Waals surface area (Å²) in [5.41, 5.74) is 0. The van der Waals surface area contributed by atoms with Crippen molar-refractivity contribution < 1.29 is 29.7 Å². The van der Waals surface area contributed by atoms with Crippen molar-refractivity contribution in [1.29, 1.82) is 0 Å². The van der Waals surface area contributed by atoms with Crippen LogP contribution in [-0.4, -0.2) is 40.4 Å². The van der Waals surface area contributed by atoms with Gasteiger partial charge in [-0.25, -0.2) is 0 Å². The van der Waals surface area contributed by atoms with Gasteiger partial charge in [-0.1, -0.05) is 80.1 Å². The summed E-state index contributed by atoms with van der Waals surface area (Å²) in [5.74, 6) is -2.42. The van der Waals surface area contributed by atoms with Crippen molar-refractivity contribution in [2.75, 3.05) is 0 Å². The molecule has 0 rings (SSSR count). The maximum absolute atomic E-state index is 10.3. The van der Waals surface area contributed by atoms with Gasteiger partial charge in [-0.2, -0.15) is 0 Å². The number of carbonyl (C=O) groups excluding carboxylic acids is 3. The van der Waals surface area contributed by atoms with Crippen LogP contribution in [0, 0.1) is 23.7 Å². The van der Waals surface area contributed by atoms with Crippen LogP contribution in [-0.2, 0) is 14.4 Å². The zero-order chi connectivity index (χ0) is 28.2. The smallest absolute Gasteiger partial charge is 0.0445 e. The molecule has 0 aromatic rings. The second kappa shape index (κ2) is 31.2. The van der Waals surface area contributed by atoms with Gasteiger partial charge in [-0.05, 0) is 56.3 Å². The van der Waals surface area contributed by atoms with Crippen LogP contribution in [0.2, 0.25) is 4.44 Å². The van der Waals surface area contributed by atoms with Crippen molar-refractivity contribution in [3.8, 4) is 0 Å². The van der Waals surface area contributed by atoms with E-state index in [9.17, 15) is 29.7 Å². The third-order valence-corrected chi connectivity index (χ3v) is 7.94. The number of aliphatic carboxylic acids is 3. The molecule has 0 bridgehead atoms. The standard InChI is InChI=1S/3C8H16O2.C4H9.Sn/c3*1-3-5-6-7(4-2)8(9)10;1-4(2)3;/h3*7H,3-6H2,1-2H3,(H,9,10);4H,1H2,2-3H3;/q;;;;+3/p-3. The Hall–Kier alpha value is -0.791. The average molecular weight is 605 g/mol. The Balaban J connectivity index is -0.000000188. The molecule has 0 fully saturated rings. The Morgan fingerprint density at radius 2 is 0.771 bits per heavy atom. The van der Waals surface area contributed by atoms with Gasteiger partial charge in [0, 0.05) is 17.9 Å². The molecule has 0 aromatic carbocycles. The van der Waals surface area contributed by atoms with E-state index >= 15 is 0 Å². The first-order valence-corrected chi connectivity index (χ1v) is 15.7. The molecule has 0 aliphatic carbocycles. The third-order valence-electron chi connectivity index (χ3n) is 5.61. The number of carboxylic acid groups (broad SMARTS) is 3.